The van der Waals surface area contributed by atoms with E-state index in [1.165, 1.54) is 0 Å². The van der Waals surface area contributed by atoms with E-state index in [0.717, 1.165) is 15.9 Å². The molecular formula is C16H16BrFN2O3. The fraction of sp³-hybridized carbons (Fsp3) is 0.250. The number of carbonyl (C=O) groups excluding carboxylic acids is 1. The van der Waals surface area contributed by atoms with Gasteiger partial charge in [-0.05, 0) is 48.0 Å². The van der Waals surface area contributed by atoms with Crippen LogP contribution in [0, 0.1) is 13.8 Å². The highest BCUT2D eigenvalue weighted by atomic mass is 79.9. The molecule has 1 unspecified atom stereocenters. The fourth-order valence-electron chi connectivity index (χ4n) is 2.40. The Morgan fingerprint density at radius 1 is 1.35 bits per heavy atom. The molecule has 5 nitrogen and oxygen atoms in total. The van der Waals surface area contributed by atoms with Crippen LogP contribution in [0.2, 0.25) is 0 Å². The van der Waals surface area contributed by atoms with E-state index in [-0.39, 0.29) is 0 Å². The molecule has 0 bridgehead atoms. The van der Waals surface area contributed by atoms with Crippen LogP contribution in [0.15, 0.2) is 34.8 Å². The molecule has 0 radical (unpaired) electrons. The number of aryl methyl sites for hydroxylation is 1. The van der Waals surface area contributed by atoms with Crippen LogP contribution in [-0.2, 0) is 4.79 Å². The lowest BCUT2D eigenvalue weighted by Crippen LogP contribution is -2.42. The maximum atomic E-state index is 12.7. The predicted octanol–water partition coefficient (Wildman–Crippen LogP) is 3.01. The number of carboxylic acid groups (broad SMARTS) is 1. The first-order valence-corrected chi connectivity index (χ1v) is 7.69. The van der Waals surface area contributed by atoms with Crippen molar-refractivity contribution < 1.29 is 19.1 Å². The largest absolute Gasteiger partial charge is 0.480 e. The molecule has 0 fully saturated rings. The lowest BCUT2D eigenvalue weighted by Gasteiger charge is -2.13. The van der Waals surface area contributed by atoms with Gasteiger partial charge in [-0.1, -0.05) is 12.1 Å². The minimum absolute atomic E-state index is 0.318. The maximum absolute atomic E-state index is 12.7. The minimum Gasteiger partial charge on any atom is -0.480 e. The summed E-state index contributed by atoms with van der Waals surface area (Å²) in [6, 6.07) is 7.65. The van der Waals surface area contributed by atoms with Crippen molar-refractivity contribution in [1.82, 2.24) is 9.88 Å². The zero-order chi connectivity index (χ0) is 17.1. The van der Waals surface area contributed by atoms with Gasteiger partial charge in [0.15, 0.2) is 6.04 Å². The molecule has 2 N–H and O–H groups in total. The summed E-state index contributed by atoms with van der Waals surface area (Å²) in [7, 11) is 0. The summed E-state index contributed by atoms with van der Waals surface area (Å²) >= 11 is 3.47. The summed E-state index contributed by atoms with van der Waals surface area (Å²) in [5, 5.41) is 11.0. The molecule has 1 atom stereocenters. The van der Waals surface area contributed by atoms with E-state index >= 15 is 0 Å². The molecule has 122 valence electrons. The number of nitrogens with one attached hydrogen (secondary N) is 1. The van der Waals surface area contributed by atoms with Gasteiger partial charge in [0.1, 0.15) is 6.67 Å². The van der Waals surface area contributed by atoms with Gasteiger partial charge in [-0.15, -0.1) is 0 Å². The number of para-hydroxylation sites is 1. The first kappa shape index (κ1) is 17.2. The van der Waals surface area contributed by atoms with Crippen molar-refractivity contribution in [2.45, 2.75) is 19.9 Å². The fourth-order valence-corrected chi connectivity index (χ4v) is 2.86. The van der Waals surface area contributed by atoms with Crippen molar-refractivity contribution in [2.24, 2.45) is 0 Å². The van der Waals surface area contributed by atoms with Gasteiger partial charge < -0.3 is 15.0 Å². The normalized spacial score (nSPS) is 12.0. The molecule has 2 aromatic rings. The Labute approximate surface area is 141 Å². The van der Waals surface area contributed by atoms with Gasteiger partial charge in [0.2, 0.25) is 0 Å². The first-order valence-electron chi connectivity index (χ1n) is 6.90. The second-order valence-electron chi connectivity index (χ2n) is 5.09. The molecule has 2 rings (SSSR count). The number of amides is 1. The van der Waals surface area contributed by atoms with Crippen LogP contribution in [0.1, 0.15) is 21.7 Å². The quantitative estimate of drug-likeness (QED) is 0.834. The molecule has 0 aliphatic carbocycles. The van der Waals surface area contributed by atoms with Crippen LogP contribution in [0.5, 0.6) is 0 Å². The number of hydrogen-bond acceptors (Lipinski definition) is 2. The zero-order valence-electron chi connectivity index (χ0n) is 12.6. The van der Waals surface area contributed by atoms with Crippen LogP contribution in [0.3, 0.4) is 0 Å². The summed E-state index contributed by atoms with van der Waals surface area (Å²) in [4.78, 5) is 23.1. The molecular weight excluding hydrogens is 367 g/mol. The van der Waals surface area contributed by atoms with Gasteiger partial charge in [-0.25, -0.2) is 9.18 Å². The molecule has 1 aromatic carbocycles. The number of alkyl halides is 1. The van der Waals surface area contributed by atoms with Crippen LogP contribution < -0.4 is 5.32 Å². The van der Waals surface area contributed by atoms with Gasteiger partial charge in [0.25, 0.3) is 5.91 Å². The maximum Gasteiger partial charge on any atom is 0.328 e. The smallest absolute Gasteiger partial charge is 0.328 e. The summed E-state index contributed by atoms with van der Waals surface area (Å²) in [5.41, 5.74) is 2.64. The van der Waals surface area contributed by atoms with Crippen molar-refractivity contribution >= 4 is 27.8 Å². The van der Waals surface area contributed by atoms with Gasteiger partial charge >= 0.3 is 5.97 Å². The molecule has 23 heavy (non-hydrogen) atoms. The number of hydrogen-bond donors (Lipinski definition) is 2. The van der Waals surface area contributed by atoms with E-state index in [1.807, 2.05) is 35.8 Å². The van der Waals surface area contributed by atoms with Crippen LogP contribution >= 0.6 is 15.9 Å². The van der Waals surface area contributed by atoms with Gasteiger partial charge in [-0.2, -0.15) is 0 Å². The summed E-state index contributed by atoms with van der Waals surface area (Å²) in [5.74, 6) is -2.01. The number of rotatable bonds is 5. The number of nitrogens with zero attached hydrogens (tertiary/aromatic N) is 1. The van der Waals surface area contributed by atoms with Crippen molar-refractivity contribution in [3.8, 4) is 5.69 Å². The predicted molar refractivity (Wildman–Crippen MR) is 87.8 cm³/mol. The van der Waals surface area contributed by atoms with E-state index in [2.05, 4.69) is 21.2 Å². The molecule has 0 saturated carbocycles. The number of carbonyl (C=O) groups is 2. The number of aliphatic carboxylic acids is 1. The van der Waals surface area contributed by atoms with Gasteiger partial charge in [0, 0.05) is 15.9 Å². The molecule has 0 aliphatic rings. The summed E-state index contributed by atoms with van der Waals surface area (Å²) in [6.07, 6.45) is 0. The molecule has 7 heteroatoms. The standard InChI is InChI=1S/C16H16BrFN2O3/c1-9-7-11(15(21)19-13(8-18)16(22)23)10(2)20(9)14-6-4-3-5-12(14)17/h3-7,13H,8H2,1-2H3,(H,19,21)(H,22,23). The third-order valence-electron chi connectivity index (χ3n) is 3.53. The van der Waals surface area contributed by atoms with E-state index in [1.54, 1.807) is 13.0 Å². The third kappa shape index (κ3) is 3.44. The second kappa shape index (κ2) is 6.95. The lowest BCUT2D eigenvalue weighted by atomic mass is 10.2. The third-order valence-corrected chi connectivity index (χ3v) is 4.20. The molecule has 0 aliphatic heterocycles. The zero-order valence-corrected chi connectivity index (χ0v) is 14.2. The monoisotopic (exact) mass is 382 g/mol. The first-order chi connectivity index (χ1) is 10.9. The number of benzene rings is 1. The Morgan fingerprint density at radius 3 is 2.57 bits per heavy atom. The lowest BCUT2D eigenvalue weighted by molar-refractivity contribution is -0.139. The average Bonchev–Trinajstić information content (AvgIpc) is 2.80. The van der Waals surface area contributed by atoms with Crippen molar-refractivity contribution in [1.29, 1.82) is 0 Å². The summed E-state index contributed by atoms with van der Waals surface area (Å²) < 4.78 is 15.4. The Hall–Kier alpha value is -2.15. The van der Waals surface area contributed by atoms with Crippen molar-refractivity contribution in [3.05, 3.63) is 51.8 Å². The SMILES string of the molecule is Cc1cc(C(=O)NC(CF)C(=O)O)c(C)n1-c1ccccc1Br. The number of halogens is 2. The molecule has 1 heterocycles. The Kier molecular flexibility index (Phi) is 5.20. The Bertz CT molecular complexity index is 758. The van der Waals surface area contributed by atoms with Crippen LogP contribution in [0.4, 0.5) is 4.39 Å². The number of aromatic nitrogens is 1. The highest BCUT2D eigenvalue weighted by Gasteiger charge is 2.23. The number of carboxylic acids is 1. The highest BCUT2D eigenvalue weighted by molar-refractivity contribution is 9.10. The van der Waals surface area contributed by atoms with Crippen molar-refractivity contribution in [3.63, 3.8) is 0 Å². The molecule has 1 aromatic heterocycles. The van der Waals surface area contributed by atoms with Crippen LogP contribution in [0.25, 0.3) is 5.69 Å². The van der Waals surface area contributed by atoms with E-state index in [9.17, 15) is 14.0 Å². The average molecular weight is 383 g/mol. The van der Waals surface area contributed by atoms with E-state index in [4.69, 9.17) is 5.11 Å². The summed E-state index contributed by atoms with van der Waals surface area (Å²) in [6.45, 7) is 2.43. The molecule has 0 spiro atoms. The minimum atomic E-state index is -1.55. The van der Waals surface area contributed by atoms with Crippen molar-refractivity contribution in [2.75, 3.05) is 6.67 Å². The Balaban J connectivity index is 2.40. The second-order valence-corrected chi connectivity index (χ2v) is 5.94. The van der Waals surface area contributed by atoms with E-state index in [0.29, 0.717) is 11.3 Å². The molecule has 0 saturated heterocycles. The van der Waals surface area contributed by atoms with Gasteiger partial charge in [0.05, 0.1) is 11.3 Å². The van der Waals surface area contributed by atoms with E-state index < -0.39 is 24.6 Å². The topological polar surface area (TPSA) is 71.3 Å². The molecule has 1 amide bonds. The van der Waals surface area contributed by atoms with Crippen LogP contribution in [-0.4, -0.2) is 34.3 Å². The Morgan fingerprint density at radius 2 is 2.00 bits per heavy atom. The van der Waals surface area contributed by atoms with Gasteiger partial charge in [-0.3, -0.25) is 4.79 Å². The highest BCUT2D eigenvalue weighted by Crippen LogP contribution is 2.26.